The van der Waals surface area contributed by atoms with Crippen molar-refractivity contribution in [2.45, 2.75) is 22.1 Å². The molecule has 19 heteroatoms. The molecule has 0 atom stereocenters. The lowest BCUT2D eigenvalue weighted by Crippen LogP contribution is -2.40. The van der Waals surface area contributed by atoms with E-state index in [-0.39, 0.29) is 20.1 Å². The molecule has 1 N–H and O–H groups in total. The van der Waals surface area contributed by atoms with Gasteiger partial charge in [-0.05, 0) is 48.5 Å². The van der Waals surface area contributed by atoms with Crippen LogP contribution in [0.1, 0.15) is 10.4 Å². The number of hydrogen-bond donors (Lipinski definition) is 1. The largest absolute Gasteiger partial charge is 0.480 e. The molecule has 3 aromatic carbocycles. The highest BCUT2D eigenvalue weighted by Crippen LogP contribution is 2.38. The zero-order chi connectivity index (χ0) is 34.2. The number of nitrogens with zero attached hydrogens (tertiary/aromatic N) is 3. The first-order chi connectivity index (χ1) is 21.2. The van der Waals surface area contributed by atoms with Gasteiger partial charge in [0.2, 0.25) is 0 Å². The summed E-state index contributed by atoms with van der Waals surface area (Å²) in [4.78, 5) is 25.8. The summed E-state index contributed by atoms with van der Waals surface area (Å²) in [5.74, 6) is -4.52. The highest BCUT2D eigenvalue weighted by molar-refractivity contribution is 7.93. The van der Waals surface area contributed by atoms with Gasteiger partial charge in [0.1, 0.15) is 13.1 Å². The van der Waals surface area contributed by atoms with Crippen LogP contribution in [0, 0.1) is 0 Å². The van der Waals surface area contributed by atoms with E-state index in [0.29, 0.717) is 34.8 Å². The Morgan fingerprint density at radius 1 is 0.761 bits per heavy atom. The lowest BCUT2D eigenvalue weighted by atomic mass is 10.1. The number of rotatable bonds is 10. The monoisotopic (exact) mass is 709 g/mol. The number of aromatic nitrogens is 1. The topological polar surface area (TPSA) is 142 Å². The Morgan fingerprint density at radius 2 is 1.26 bits per heavy atom. The standard InChI is InChI=1S/C27H18ClF6N3O7S2/c28-17-7-11-19(12-8-17)45(41,42)36(14-23(38)39)25-21-4-2-1-3-20(21)22(13-35-25)37(15-26(29,30)31)46(43,44)18-9-5-16(6-10-18)24(40)27(32,33)34/h1-13H,14-15H2,(H,38,39). The van der Waals surface area contributed by atoms with Gasteiger partial charge in [0.25, 0.3) is 25.8 Å². The first-order valence-electron chi connectivity index (χ1n) is 12.4. The third-order valence-corrected chi connectivity index (χ3v) is 10.00. The minimum Gasteiger partial charge on any atom is -0.480 e. The second kappa shape index (κ2) is 12.4. The summed E-state index contributed by atoms with van der Waals surface area (Å²) in [6.07, 6.45) is -9.90. The number of carboxylic acids is 1. The normalized spacial score (nSPS) is 12.6. The average Bonchev–Trinajstić information content (AvgIpc) is 2.97. The van der Waals surface area contributed by atoms with E-state index >= 15 is 0 Å². The van der Waals surface area contributed by atoms with Crippen LogP contribution in [-0.4, -0.2) is 64.1 Å². The number of carbonyl (C=O) groups excluding carboxylic acids is 1. The summed E-state index contributed by atoms with van der Waals surface area (Å²) in [6.45, 7) is -3.36. The van der Waals surface area contributed by atoms with Gasteiger partial charge in [-0.2, -0.15) is 26.3 Å². The first kappa shape index (κ1) is 34.5. The molecular weight excluding hydrogens is 692 g/mol. The van der Waals surface area contributed by atoms with Crippen molar-refractivity contribution in [3.63, 3.8) is 0 Å². The molecule has 0 aliphatic heterocycles. The number of halogens is 7. The summed E-state index contributed by atoms with van der Waals surface area (Å²) >= 11 is 5.83. The number of ketones is 1. The van der Waals surface area contributed by atoms with Crippen LogP contribution in [-0.2, 0) is 24.8 Å². The van der Waals surface area contributed by atoms with Crippen LogP contribution < -0.4 is 8.61 Å². The minimum atomic E-state index is -5.30. The maximum atomic E-state index is 13.8. The summed E-state index contributed by atoms with van der Waals surface area (Å²) < 4.78 is 134. The molecule has 4 aromatic rings. The number of benzene rings is 3. The third-order valence-electron chi connectivity index (χ3n) is 6.22. The van der Waals surface area contributed by atoms with Crippen LogP contribution in [0.3, 0.4) is 0 Å². The number of pyridine rings is 1. The summed E-state index contributed by atoms with van der Waals surface area (Å²) in [6, 6.07) is 11.5. The molecule has 0 saturated heterocycles. The number of Topliss-reactive ketones (excluding diaryl/α,β-unsaturated/α-hetero) is 1. The Labute approximate surface area is 261 Å². The van der Waals surface area contributed by atoms with Crippen LogP contribution in [0.25, 0.3) is 10.8 Å². The number of anilines is 2. The van der Waals surface area contributed by atoms with Gasteiger partial charge in [-0.1, -0.05) is 35.9 Å². The van der Waals surface area contributed by atoms with Crippen molar-refractivity contribution < 1.29 is 57.9 Å². The van der Waals surface area contributed by atoms with Crippen LogP contribution in [0.4, 0.5) is 37.8 Å². The summed E-state index contributed by atoms with van der Waals surface area (Å²) in [7, 11) is -9.94. The fraction of sp³-hybridized carbons (Fsp3) is 0.148. The van der Waals surface area contributed by atoms with Crippen molar-refractivity contribution in [2.24, 2.45) is 0 Å². The fourth-order valence-electron chi connectivity index (χ4n) is 4.22. The molecule has 0 aliphatic rings. The molecule has 4 rings (SSSR count). The van der Waals surface area contributed by atoms with Gasteiger partial charge in [0, 0.05) is 21.4 Å². The Hall–Kier alpha value is -4.42. The Morgan fingerprint density at radius 3 is 1.76 bits per heavy atom. The van der Waals surface area contributed by atoms with Gasteiger partial charge in [0.15, 0.2) is 5.82 Å². The SMILES string of the molecule is O=C(O)CN(c1ncc(N(CC(F)(F)F)S(=O)(=O)c2ccc(C(=O)C(F)(F)F)cc2)c2ccccc12)S(=O)(=O)c1ccc(Cl)cc1. The molecule has 46 heavy (non-hydrogen) atoms. The lowest BCUT2D eigenvalue weighted by Gasteiger charge is -2.28. The summed E-state index contributed by atoms with van der Waals surface area (Å²) in [5, 5.41) is 9.09. The molecule has 0 saturated carbocycles. The van der Waals surface area contributed by atoms with E-state index in [0.717, 1.165) is 18.2 Å². The molecule has 0 bridgehead atoms. The van der Waals surface area contributed by atoms with E-state index in [9.17, 15) is 57.9 Å². The zero-order valence-corrected chi connectivity index (χ0v) is 25.0. The molecule has 0 unspecified atom stereocenters. The van der Waals surface area contributed by atoms with Gasteiger partial charge in [-0.25, -0.2) is 26.1 Å². The number of aliphatic carboxylic acids is 1. The molecule has 1 heterocycles. The number of sulfonamides is 2. The van der Waals surface area contributed by atoms with E-state index < -0.39 is 84.1 Å². The van der Waals surface area contributed by atoms with Crippen molar-refractivity contribution in [3.05, 3.63) is 89.6 Å². The Kier molecular flexibility index (Phi) is 9.29. The Balaban J connectivity index is 1.92. The number of fused-ring (bicyclic) bond motifs is 1. The fourth-order valence-corrected chi connectivity index (χ4v) is 7.19. The summed E-state index contributed by atoms with van der Waals surface area (Å²) in [5.41, 5.74) is -1.70. The van der Waals surface area contributed by atoms with Crippen molar-refractivity contribution >= 4 is 65.7 Å². The van der Waals surface area contributed by atoms with Gasteiger partial charge in [-0.3, -0.25) is 13.9 Å². The molecule has 10 nitrogen and oxygen atoms in total. The number of carbonyl (C=O) groups is 2. The van der Waals surface area contributed by atoms with E-state index in [1.54, 1.807) is 0 Å². The third kappa shape index (κ3) is 7.18. The Bertz CT molecular complexity index is 2020. The van der Waals surface area contributed by atoms with Crippen LogP contribution in [0.2, 0.25) is 5.02 Å². The van der Waals surface area contributed by atoms with E-state index in [1.165, 1.54) is 30.3 Å². The molecule has 1 aromatic heterocycles. The smallest absolute Gasteiger partial charge is 0.454 e. The molecule has 0 spiro atoms. The van der Waals surface area contributed by atoms with Crippen LogP contribution in [0.5, 0.6) is 0 Å². The van der Waals surface area contributed by atoms with Gasteiger partial charge >= 0.3 is 18.3 Å². The highest BCUT2D eigenvalue weighted by atomic mass is 35.5. The molecule has 0 fully saturated rings. The van der Waals surface area contributed by atoms with Crippen molar-refractivity contribution in [1.82, 2.24) is 4.98 Å². The van der Waals surface area contributed by atoms with Crippen molar-refractivity contribution in [2.75, 3.05) is 21.7 Å². The second-order valence-electron chi connectivity index (χ2n) is 9.35. The van der Waals surface area contributed by atoms with E-state index in [4.69, 9.17) is 11.6 Å². The number of hydrogen-bond acceptors (Lipinski definition) is 7. The van der Waals surface area contributed by atoms with Gasteiger partial charge < -0.3 is 5.11 Å². The minimum absolute atomic E-state index is 0.137. The predicted molar refractivity (Wildman–Crippen MR) is 153 cm³/mol. The predicted octanol–water partition coefficient (Wildman–Crippen LogP) is 5.67. The van der Waals surface area contributed by atoms with Crippen molar-refractivity contribution in [3.8, 4) is 0 Å². The quantitative estimate of drug-likeness (QED) is 0.164. The first-order valence-corrected chi connectivity index (χ1v) is 15.7. The molecule has 0 radical (unpaired) electrons. The number of carboxylic acid groups (broad SMARTS) is 1. The van der Waals surface area contributed by atoms with Crippen LogP contribution in [0.15, 0.2) is 88.8 Å². The molecular formula is C27H18ClF6N3O7S2. The maximum Gasteiger partial charge on any atom is 0.454 e. The maximum absolute atomic E-state index is 13.8. The molecule has 0 aliphatic carbocycles. The molecule has 0 amide bonds. The van der Waals surface area contributed by atoms with E-state index in [2.05, 4.69) is 4.98 Å². The second-order valence-corrected chi connectivity index (χ2v) is 13.5. The average molecular weight is 710 g/mol. The van der Waals surface area contributed by atoms with Crippen molar-refractivity contribution in [1.29, 1.82) is 0 Å². The molecule has 244 valence electrons. The van der Waals surface area contributed by atoms with E-state index in [1.807, 2.05) is 0 Å². The lowest BCUT2D eigenvalue weighted by molar-refractivity contribution is -0.135. The van der Waals surface area contributed by atoms with Crippen LogP contribution >= 0.6 is 11.6 Å². The zero-order valence-electron chi connectivity index (χ0n) is 22.6. The van der Waals surface area contributed by atoms with Gasteiger partial charge in [-0.15, -0.1) is 0 Å². The van der Waals surface area contributed by atoms with Gasteiger partial charge in [0.05, 0.1) is 21.7 Å². The highest BCUT2D eigenvalue weighted by Gasteiger charge is 2.41. The number of alkyl halides is 6.